The second-order valence-electron chi connectivity index (χ2n) is 2.70. The van der Waals surface area contributed by atoms with Gasteiger partial charge in [0.15, 0.2) is 0 Å². The Balaban J connectivity index is 2.81. The van der Waals surface area contributed by atoms with Gasteiger partial charge in [-0.05, 0) is 12.1 Å². The molecule has 14 heavy (non-hydrogen) atoms. The van der Waals surface area contributed by atoms with Crippen molar-refractivity contribution in [2.45, 2.75) is 0 Å². The van der Waals surface area contributed by atoms with Crippen LogP contribution in [0.2, 0.25) is 0 Å². The zero-order valence-electron chi connectivity index (χ0n) is 7.39. The van der Waals surface area contributed by atoms with Gasteiger partial charge in [0.05, 0.1) is 17.4 Å². The van der Waals surface area contributed by atoms with E-state index in [1.165, 1.54) is 18.4 Å². The lowest BCUT2D eigenvalue weighted by atomic mass is 10.2. The molecular formula is C9H7NO3S. The number of thiophene rings is 1. The topological polar surface area (TPSA) is 52.4 Å². The molecule has 0 amide bonds. The summed E-state index contributed by atoms with van der Waals surface area (Å²) >= 11 is 1.29. The van der Waals surface area contributed by atoms with Crippen molar-refractivity contribution in [1.82, 2.24) is 0 Å². The Bertz CT molecular complexity index is 492. The second-order valence-corrected chi connectivity index (χ2v) is 3.71. The summed E-state index contributed by atoms with van der Waals surface area (Å²) in [5.41, 5.74) is 0.0631. The summed E-state index contributed by atoms with van der Waals surface area (Å²) in [4.78, 5) is 10.4. The first kappa shape index (κ1) is 8.96. The normalized spacial score (nSPS) is 10.4. The van der Waals surface area contributed by atoms with Crippen molar-refractivity contribution in [2.24, 2.45) is 0 Å². The van der Waals surface area contributed by atoms with E-state index in [2.05, 4.69) is 0 Å². The van der Waals surface area contributed by atoms with Crippen LogP contribution in [0.15, 0.2) is 24.3 Å². The lowest BCUT2D eigenvalue weighted by Gasteiger charge is -1.92. The van der Waals surface area contributed by atoms with E-state index in [0.717, 1.165) is 4.70 Å². The smallest absolute Gasteiger partial charge is 0.330 e. The predicted molar refractivity (Wildman–Crippen MR) is 55.0 cm³/mol. The van der Waals surface area contributed by atoms with Crippen LogP contribution in [0.1, 0.15) is 0 Å². The minimum atomic E-state index is -0.405. The molecule has 0 saturated heterocycles. The quantitative estimate of drug-likeness (QED) is 0.564. The Hall–Kier alpha value is -1.62. The molecule has 0 aliphatic carbocycles. The fourth-order valence-electron chi connectivity index (χ4n) is 1.32. The van der Waals surface area contributed by atoms with Gasteiger partial charge in [-0.15, -0.1) is 0 Å². The fourth-order valence-corrected chi connectivity index (χ4v) is 2.31. The number of benzene rings is 1. The maximum absolute atomic E-state index is 10.8. The maximum Gasteiger partial charge on any atom is 0.330 e. The van der Waals surface area contributed by atoms with Crippen molar-refractivity contribution in [3.8, 4) is 5.06 Å². The third-order valence-corrected chi connectivity index (χ3v) is 3.03. The van der Waals surface area contributed by atoms with Crippen LogP contribution in [0, 0.1) is 10.1 Å². The lowest BCUT2D eigenvalue weighted by Crippen LogP contribution is -1.89. The molecule has 0 aliphatic heterocycles. The summed E-state index contributed by atoms with van der Waals surface area (Å²) in [5, 5.41) is 11.8. The Morgan fingerprint density at radius 3 is 2.79 bits per heavy atom. The first-order chi connectivity index (χ1) is 6.74. The average molecular weight is 209 g/mol. The molecule has 2 rings (SSSR count). The van der Waals surface area contributed by atoms with Crippen LogP contribution < -0.4 is 4.74 Å². The molecule has 0 aliphatic rings. The maximum atomic E-state index is 10.8. The summed E-state index contributed by atoms with van der Waals surface area (Å²) < 4.78 is 5.84. The molecule has 1 aromatic carbocycles. The van der Waals surface area contributed by atoms with E-state index >= 15 is 0 Å². The van der Waals surface area contributed by atoms with Gasteiger partial charge in [0, 0.05) is 4.70 Å². The molecule has 2 aromatic rings. The number of nitro groups is 1. The van der Waals surface area contributed by atoms with Gasteiger partial charge in [-0.3, -0.25) is 10.1 Å². The first-order valence-electron chi connectivity index (χ1n) is 3.94. The van der Waals surface area contributed by atoms with Crippen molar-refractivity contribution in [3.63, 3.8) is 0 Å². The molecule has 0 spiro atoms. The standard InChI is InChI=1S/C9H7NO3S/c1-13-9-8(10(11)12)6-4-2-3-5-7(6)14-9/h2-5H,1H3. The van der Waals surface area contributed by atoms with E-state index in [1.807, 2.05) is 12.1 Å². The van der Waals surface area contributed by atoms with Gasteiger partial charge in [-0.1, -0.05) is 23.5 Å². The Morgan fingerprint density at radius 2 is 2.14 bits per heavy atom. The molecule has 1 aromatic heterocycles. The number of methoxy groups -OCH3 is 1. The zero-order valence-corrected chi connectivity index (χ0v) is 8.21. The van der Waals surface area contributed by atoms with Crippen LogP contribution in [0.3, 0.4) is 0 Å². The molecule has 0 N–H and O–H groups in total. The number of fused-ring (bicyclic) bond motifs is 1. The van der Waals surface area contributed by atoms with Crippen LogP contribution in [0.25, 0.3) is 10.1 Å². The van der Waals surface area contributed by atoms with Crippen molar-refractivity contribution < 1.29 is 9.66 Å². The summed E-state index contributed by atoms with van der Waals surface area (Å²) in [7, 11) is 1.44. The number of hydrogen-bond acceptors (Lipinski definition) is 4. The van der Waals surface area contributed by atoms with E-state index < -0.39 is 4.92 Å². The van der Waals surface area contributed by atoms with Crippen LogP contribution >= 0.6 is 11.3 Å². The SMILES string of the molecule is COc1sc2ccccc2c1[N+](=O)[O-]. The summed E-state index contributed by atoms with van der Waals surface area (Å²) in [6, 6.07) is 7.20. The van der Waals surface area contributed by atoms with Crippen molar-refractivity contribution >= 4 is 27.1 Å². The molecule has 0 radical (unpaired) electrons. The molecule has 72 valence electrons. The highest BCUT2D eigenvalue weighted by atomic mass is 32.1. The van der Waals surface area contributed by atoms with E-state index in [9.17, 15) is 10.1 Å². The van der Waals surface area contributed by atoms with Crippen LogP contribution in [-0.2, 0) is 0 Å². The Kier molecular flexibility index (Phi) is 2.09. The molecule has 5 heteroatoms. The number of hydrogen-bond donors (Lipinski definition) is 0. The van der Waals surface area contributed by atoms with Gasteiger partial charge in [0.2, 0.25) is 0 Å². The van der Waals surface area contributed by atoms with Gasteiger partial charge >= 0.3 is 5.69 Å². The lowest BCUT2D eigenvalue weighted by molar-refractivity contribution is -0.383. The van der Waals surface area contributed by atoms with Gasteiger partial charge in [-0.25, -0.2) is 0 Å². The highest BCUT2D eigenvalue weighted by Gasteiger charge is 2.22. The van der Waals surface area contributed by atoms with Crippen LogP contribution in [-0.4, -0.2) is 12.0 Å². The Labute approximate surface area is 83.9 Å². The first-order valence-corrected chi connectivity index (χ1v) is 4.75. The number of rotatable bonds is 2. The molecule has 4 nitrogen and oxygen atoms in total. The van der Waals surface area contributed by atoms with Crippen molar-refractivity contribution in [3.05, 3.63) is 34.4 Å². The zero-order chi connectivity index (χ0) is 10.1. The monoisotopic (exact) mass is 209 g/mol. The van der Waals surface area contributed by atoms with E-state index in [-0.39, 0.29) is 5.69 Å². The van der Waals surface area contributed by atoms with Gasteiger partial charge in [-0.2, -0.15) is 0 Å². The highest BCUT2D eigenvalue weighted by molar-refractivity contribution is 7.21. The van der Waals surface area contributed by atoms with Crippen molar-refractivity contribution in [1.29, 1.82) is 0 Å². The van der Waals surface area contributed by atoms with E-state index in [1.54, 1.807) is 12.1 Å². The highest BCUT2D eigenvalue weighted by Crippen LogP contribution is 2.42. The molecule has 1 heterocycles. The molecule has 0 bridgehead atoms. The minimum Gasteiger partial charge on any atom is -0.482 e. The summed E-state index contributed by atoms with van der Waals surface area (Å²) in [6.07, 6.45) is 0. The van der Waals surface area contributed by atoms with Crippen LogP contribution in [0.4, 0.5) is 5.69 Å². The van der Waals surface area contributed by atoms with Gasteiger partial charge in [0.25, 0.3) is 5.06 Å². The van der Waals surface area contributed by atoms with E-state index in [0.29, 0.717) is 10.4 Å². The fraction of sp³-hybridized carbons (Fsp3) is 0.111. The number of ether oxygens (including phenoxy) is 1. The largest absolute Gasteiger partial charge is 0.482 e. The minimum absolute atomic E-state index is 0.0631. The van der Waals surface area contributed by atoms with E-state index in [4.69, 9.17) is 4.74 Å². The number of nitrogens with zero attached hydrogens (tertiary/aromatic N) is 1. The summed E-state index contributed by atoms with van der Waals surface area (Å²) in [5.74, 6) is 0. The molecule has 0 fully saturated rings. The predicted octanol–water partition coefficient (Wildman–Crippen LogP) is 2.82. The molecule has 0 saturated carbocycles. The third-order valence-electron chi connectivity index (χ3n) is 1.91. The Morgan fingerprint density at radius 1 is 1.43 bits per heavy atom. The molecular weight excluding hydrogens is 202 g/mol. The second kappa shape index (κ2) is 3.26. The van der Waals surface area contributed by atoms with Crippen molar-refractivity contribution in [2.75, 3.05) is 7.11 Å². The van der Waals surface area contributed by atoms with Crippen LogP contribution in [0.5, 0.6) is 5.06 Å². The summed E-state index contributed by atoms with van der Waals surface area (Å²) in [6.45, 7) is 0. The average Bonchev–Trinajstić information content (AvgIpc) is 2.55. The van der Waals surface area contributed by atoms with Gasteiger partial charge < -0.3 is 4.74 Å². The molecule has 0 atom stereocenters. The molecule has 0 unspecified atom stereocenters. The third kappa shape index (κ3) is 1.22. The van der Waals surface area contributed by atoms with Gasteiger partial charge in [0.1, 0.15) is 0 Å².